The van der Waals surface area contributed by atoms with Crippen LogP contribution < -0.4 is 5.73 Å². The average molecular weight is 306 g/mol. The second-order valence-electron chi connectivity index (χ2n) is 4.76. The van der Waals surface area contributed by atoms with E-state index in [0.29, 0.717) is 11.5 Å². The van der Waals surface area contributed by atoms with E-state index in [9.17, 15) is 9.90 Å². The summed E-state index contributed by atoms with van der Waals surface area (Å²) >= 11 is 0.984. The molecule has 7 heteroatoms. The lowest BCUT2D eigenvalue weighted by Crippen LogP contribution is -2.35. The first-order valence-corrected chi connectivity index (χ1v) is 7.42. The molecule has 0 saturated heterocycles. The molecule has 1 amide bonds. The zero-order chi connectivity index (χ0) is 15.4. The van der Waals surface area contributed by atoms with Crippen LogP contribution in [0.2, 0.25) is 0 Å². The predicted molar refractivity (Wildman–Crippen MR) is 82.0 cm³/mol. The Bertz CT molecular complexity index is 612. The summed E-state index contributed by atoms with van der Waals surface area (Å²) in [6.07, 6.45) is -0.748. The van der Waals surface area contributed by atoms with Gasteiger partial charge in [-0.3, -0.25) is 4.79 Å². The van der Waals surface area contributed by atoms with Crippen LogP contribution in [-0.4, -0.2) is 38.6 Å². The van der Waals surface area contributed by atoms with Crippen LogP contribution in [0.1, 0.15) is 34.6 Å². The minimum atomic E-state index is -0.748. The van der Waals surface area contributed by atoms with Crippen molar-refractivity contribution in [2.45, 2.75) is 20.0 Å². The Morgan fingerprint density at radius 1 is 1.43 bits per heavy atom. The normalized spacial score (nSPS) is 12.1. The fourth-order valence-electron chi connectivity index (χ4n) is 1.95. The summed E-state index contributed by atoms with van der Waals surface area (Å²) in [6.45, 7) is 4.47. The third-order valence-corrected chi connectivity index (χ3v) is 3.79. The van der Waals surface area contributed by atoms with Gasteiger partial charge in [0, 0.05) is 18.1 Å². The molecule has 2 rings (SSSR count). The van der Waals surface area contributed by atoms with Crippen LogP contribution in [0.25, 0.3) is 0 Å². The number of anilines is 1. The van der Waals surface area contributed by atoms with Crippen molar-refractivity contribution in [3.05, 3.63) is 41.1 Å². The number of nitrogen functional groups attached to an aromatic ring is 1. The summed E-state index contributed by atoms with van der Waals surface area (Å²) in [7, 11) is 0. The van der Waals surface area contributed by atoms with Crippen molar-refractivity contribution in [1.29, 1.82) is 0 Å². The van der Waals surface area contributed by atoms with E-state index in [1.807, 2.05) is 38.1 Å². The Morgan fingerprint density at radius 3 is 2.62 bits per heavy atom. The molecule has 0 radical (unpaired) electrons. The van der Waals surface area contributed by atoms with Crippen molar-refractivity contribution >= 4 is 22.4 Å². The van der Waals surface area contributed by atoms with Gasteiger partial charge in [-0.25, -0.2) is 0 Å². The van der Waals surface area contributed by atoms with E-state index in [1.165, 1.54) is 4.90 Å². The van der Waals surface area contributed by atoms with Crippen molar-refractivity contribution in [2.75, 3.05) is 18.8 Å². The fraction of sp³-hybridized carbons (Fsp3) is 0.357. The van der Waals surface area contributed by atoms with Gasteiger partial charge in [-0.2, -0.15) is 0 Å². The highest BCUT2D eigenvalue weighted by molar-refractivity contribution is 7.10. The van der Waals surface area contributed by atoms with Crippen molar-refractivity contribution in [1.82, 2.24) is 14.5 Å². The molecule has 0 fully saturated rings. The molecular formula is C14H18N4O2S. The Balaban J connectivity index is 2.10. The van der Waals surface area contributed by atoms with Crippen LogP contribution in [0.15, 0.2) is 24.3 Å². The first kappa shape index (κ1) is 15.4. The molecule has 1 unspecified atom stereocenters. The van der Waals surface area contributed by atoms with E-state index in [1.54, 1.807) is 0 Å². The van der Waals surface area contributed by atoms with Gasteiger partial charge in [-0.1, -0.05) is 34.3 Å². The van der Waals surface area contributed by atoms with Crippen LogP contribution in [0.5, 0.6) is 0 Å². The molecule has 0 saturated carbocycles. The third kappa shape index (κ3) is 3.56. The molecule has 0 aliphatic carbocycles. The Kier molecular flexibility index (Phi) is 4.87. The summed E-state index contributed by atoms with van der Waals surface area (Å²) in [5.74, 6) is -0.310. The molecule has 1 aromatic carbocycles. The highest BCUT2D eigenvalue weighted by Crippen LogP contribution is 2.19. The van der Waals surface area contributed by atoms with Gasteiger partial charge in [0.15, 0.2) is 5.69 Å². The first-order valence-electron chi connectivity index (χ1n) is 6.64. The van der Waals surface area contributed by atoms with Crippen LogP contribution in [0, 0.1) is 6.92 Å². The number of hydrogen-bond acceptors (Lipinski definition) is 6. The Labute approximate surface area is 127 Å². The molecule has 2 aromatic rings. The summed E-state index contributed by atoms with van der Waals surface area (Å²) in [5, 5.41) is 14.3. The van der Waals surface area contributed by atoms with Gasteiger partial charge in [-0.15, -0.1) is 5.10 Å². The zero-order valence-corrected chi connectivity index (χ0v) is 12.8. The van der Waals surface area contributed by atoms with Crippen molar-refractivity contribution in [2.24, 2.45) is 0 Å². The summed E-state index contributed by atoms with van der Waals surface area (Å²) < 4.78 is 3.66. The van der Waals surface area contributed by atoms with E-state index in [4.69, 9.17) is 5.73 Å². The summed E-state index contributed by atoms with van der Waals surface area (Å²) in [5.41, 5.74) is 7.72. The molecule has 0 aliphatic heterocycles. The standard InChI is InChI=1S/C14H18N4O2S/c1-3-18(14(20)12-13(15)21-17-16-12)8-11(19)10-6-4-9(2)5-7-10/h4-7,11,19H,3,8,15H2,1-2H3. The van der Waals surface area contributed by atoms with Crippen LogP contribution in [-0.2, 0) is 0 Å². The largest absolute Gasteiger partial charge is 0.387 e. The van der Waals surface area contributed by atoms with E-state index >= 15 is 0 Å². The average Bonchev–Trinajstić information content (AvgIpc) is 2.90. The van der Waals surface area contributed by atoms with Crippen LogP contribution >= 0.6 is 11.5 Å². The lowest BCUT2D eigenvalue weighted by molar-refractivity contribution is 0.0630. The molecule has 112 valence electrons. The highest BCUT2D eigenvalue weighted by Gasteiger charge is 2.23. The first-order chi connectivity index (χ1) is 10.0. The van der Waals surface area contributed by atoms with Gasteiger partial charge in [0.05, 0.1) is 12.6 Å². The monoisotopic (exact) mass is 306 g/mol. The number of aliphatic hydroxyl groups excluding tert-OH is 1. The number of nitrogens with two attached hydrogens (primary N) is 1. The minimum Gasteiger partial charge on any atom is -0.387 e. The third-order valence-electron chi connectivity index (χ3n) is 3.24. The topological polar surface area (TPSA) is 92.3 Å². The van der Waals surface area contributed by atoms with Crippen LogP contribution in [0.4, 0.5) is 5.00 Å². The minimum absolute atomic E-state index is 0.151. The molecule has 1 aromatic heterocycles. The van der Waals surface area contributed by atoms with E-state index in [2.05, 4.69) is 9.59 Å². The smallest absolute Gasteiger partial charge is 0.277 e. The second-order valence-corrected chi connectivity index (χ2v) is 5.54. The lowest BCUT2D eigenvalue weighted by Gasteiger charge is -2.23. The molecule has 6 nitrogen and oxygen atoms in total. The number of aryl methyl sites for hydroxylation is 1. The van der Waals surface area contributed by atoms with E-state index in [0.717, 1.165) is 22.7 Å². The van der Waals surface area contributed by atoms with Gasteiger partial charge in [0.25, 0.3) is 5.91 Å². The number of aromatic nitrogens is 2. The van der Waals surface area contributed by atoms with Crippen LogP contribution in [0.3, 0.4) is 0 Å². The highest BCUT2D eigenvalue weighted by atomic mass is 32.1. The van der Waals surface area contributed by atoms with Gasteiger partial charge in [0.2, 0.25) is 0 Å². The molecular weight excluding hydrogens is 288 g/mol. The zero-order valence-electron chi connectivity index (χ0n) is 12.0. The summed E-state index contributed by atoms with van der Waals surface area (Å²) in [6, 6.07) is 7.58. The summed E-state index contributed by atoms with van der Waals surface area (Å²) in [4.78, 5) is 13.8. The number of carbonyl (C=O) groups excluding carboxylic acids is 1. The maximum atomic E-state index is 12.3. The number of likely N-dealkylation sites (N-methyl/N-ethyl adjacent to an activating group) is 1. The Hall–Kier alpha value is -1.99. The van der Waals surface area contributed by atoms with Crippen molar-refractivity contribution < 1.29 is 9.90 Å². The molecule has 1 atom stereocenters. The van der Waals surface area contributed by atoms with Crippen molar-refractivity contribution in [3.8, 4) is 0 Å². The predicted octanol–water partition coefficient (Wildman–Crippen LogP) is 1.62. The SMILES string of the molecule is CCN(CC(O)c1ccc(C)cc1)C(=O)c1nnsc1N. The number of aliphatic hydroxyl groups is 1. The molecule has 1 heterocycles. The number of nitrogens with zero attached hydrogens (tertiary/aromatic N) is 3. The van der Waals surface area contributed by atoms with Gasteiger partial charge < -0.3 is 15.7 Å². The molecule has 21 heavy (non-hydrogen) atoms. The van der Waals surface area contributed by atoms with Crippen molar-refractivity contribution in [3.63, 3.8) is 0 Å². The lowest BCUT2D eigenvalue weighted by atomic mass is 10.1. The fourth-order valence-corrected chi connectivity index (χ4v) is 2.38. The number of rotatable bonds is 5. The number of amides is 1. The quantitative estimate of drug-likeness (QED) is 0.876. The molecule has 0 spiro atoms. The molecule has 3 N–H and O–H groups in total. The van der Waals surface area contributed by atoms with Gasteiger partial charge in [0.1, 0.15) is 5.00 Å². The number of hydrogen-bond donors (Lipinski definition) is 2. The second kappa shape index (κ2) is 6.64. The van der Waals surface area contributed by atoms with E-state index < -0.39 is 6.10 Å². The maximum Gasteiger partial charge on any atom is 0.277 e. The molecule has 0 bridgehead atoms. The Morgan fingerprint density at radius 2 is 2.10 bits per heavy atom. The molecule has 0 aliphatic rings. The number of carbonyl (C=O) groups is 1. The van der Waals surface area contributed by atoms with Gasteiger partial charge >= 0.3 is 0 Å². The van der Waals surface area contributed by atoms with Gasteiger partial charge in [-0.05, 0) is 19.4 Å². The van der Waals surface area contributed by atoms with E-state index in [-0.39, 0.29) is 18.1 Å². The number of benzene rings is 1. The maximum absolute atomic E-state index is 12.3.